The number of benzene rings is 1. The first-order valence-electron chi connectivity index (χ1n) is 5.52. The number of halogens is 1. The molecule has 1 aromatic rings. The zero-order valence-corrected chi connectivity index (χ0v) is 10.5. The number of anilines is 1. The molecule has 0 atom stereocenters. The summed E-state index contributed by atoms with van der Waals surface area (Å²) in [4.78, 5) is 2.30. The Morgan fingerprint density at radius 3 is 2.62 bits per heavy atom. The molecular weight excluding hydrogens is 224 g/mol. The second-order valence-corrected chi connectivity index (χ2v) is 4.39. The predicted molar refractivity (Wildman–Crippen MR) is 67.8 cm³/mol. The zero-order chi connectivity index (χ0) is 11.5. The molecule has 0 bridgehead atoms. The van der Waals surface area contributed by atoms with Crippen molar-refractivity contribution in [2.45, 2.75) is 6.92 Å². The molecule has 1 heterocycles. The summed E-state index contributed by atoms with van der Waals surface area (Å²) in [7, 11) is 1.68. The molecular formula is C12H17ClN2O. The molecule has 0 aliphatic carbocycles. The Bertz CT molecular complexity index is 376. The summed E-state index contributed by atoms with van der Waals surface area (Å²) in [6.45, 7) is 6.01. The monoisotopic (exact) mass is 240 g/mol. The van der Waals surface area contributed by atoms with E-state index in [2.05, 4.69) is 10.2 Å². The van der Waals surface area contributed by atoms with Gasteiger partial charge in [0.15, 0.2) is 0 Å². The van der Waals surface area contributed by atoms with Gasteiger partial charge in [0, 0.05) is 32.2 Å². The molecule has 0 amide bonds. The third-order valence-corrected chi connectivity index (χ3v) is 3.39. The van der Waals surface area contributed by atoms with Gasteiger partial charge in [-0.25, -0.2) is 0 Å². The van der Waals surface area contributed by atoms with Gasteiger partial charge in [0.25, 0.3) is 0 Å². The third-order valence-electron chi connectivity index (χ3n) is 2.90. The Morgan fingerprint density at radius 2 is 2.00 bits per heavy atom. The lowest BCUT2D eigenvalue weighted by Gasteiger charge is -2.30. The van der Waals surface area contributed by atoms with E-state index in [1.807, 2.05) is 19.1 Å². The summed E-state index contributed by atoms with van der Waals surface area (Å²) >= 11 is 6.34. The third kappa shape index (κ3) is 2.25. The average molecular weight is 241 g/mol. The van der Waals surface area contributed by atoms with Crippen LogP contribution in [0.15, 0.2) is 12.1 Å². The van der Waals surface area contributed by atoms with Crippen LogP contribution < -0.4 is 15.0 Å². The lowest BCUT2D eigenvalue weighted by atomic mass is 10.1. The maximum atomic E-state index is 6.34. The largest absolute Gasteiger partial charge is 0.497 e. The minimum Gasteiger partial charge on any atom is -0.497 e. The van der Waals surface area contributed by atoms with Crippen LogP contribution in [0.25, 0.3) is 0 Å². The fourth-order valence-corrected chi connectivity index (χ4v) is 2.20. The standard InChI is InChI=1S/C12H17ClN2O/c1-9-7-10(16-2)8-11(12(9)13)15-5-3-14-4-6-15/h7-8,14H,3-6H2,1-2H3. The first-order valence-corrected chi connectivity index (χ1v) is 5.90. The van der Waals surface area contributed by atoms with Crippen molar-refractivity contribution in [2.24, 2.45) is 0 Å². The summed E-state index contributed by atoms with van der Waals surface area (Å²) in [5.41, 5.74) is 2.15. The number of aryl methyl sites for hydroxylation is 1. The molecule has 1 aromatic carbocycles. The number of nitrogens with zero attached hydrogens (tertiary/aromatic N) is 1. The van der Waals surface area contributed by atoms with Crippen LogP contribution in [-0.2, 0) is 0 Å². The quantitative estimate of drug-likeness (QED) is 0.857. The molecule has 16 heavy (non-hydrogen) atoms. The number of nitrogens with one attached hydrogen (secondary N) is 1. The summed E-state index contributed by atoms with van der Waals surface area (Å²) in [5.74, 6) is 0.871. The fourth-order valence-electron chi connectivity index (χ4n) is 1.97. The van der Waals surface area contributed by atoms with Gasteiger partial charge in [-0.15, -0.1) is 0 Å². The van der Waals surface area contributed by atoms with E-state index in [1.165, 1.54) is 0 Å². The van der Waals surface area contributed by atoms with Crippen LogP contribution in [0.3, 0.4) is 0 Å². The van der Waals surface area contributed by atoms with Crippen LogP contribution in [0.1, 0.15) is 5.56 Å². The Labute approximate surface area is 101 Å². The van der Waals surface area contributed by atoms with Gasteiger partial charge in [-0.05, 0) is 18.6 Å². The Balaban J connectivity index is 2.33. The maximum absolute atomic E-state index is 6.34. The maximum Gasteiger partial charge on any atom is 0.121 e. The summed E-state index contributed by atoms with van der Waals surface area (Å²) in [6.07, 6.45) is 0. The van der Waals surface area contributed by atoms with Crippen molar-refractivity contribution in [3.05, 3.63) is 22.7 Å². The molecule has 4 heteroatoms. The van der Waals surface area contributed by atoms with Crippen molar-refractivity contribution in [3.63, 3.8) is 0 Å². The zero-order valence-electron chi connectivity index (χ0n) is 9.72. The Morgan fingerprint density at radius 1 is 1.31 bits per heavy atom. The van der Waals surface area contributed by atoms with Gasteiger partial charge in [0.1, 0.15) is 5.75 Å². The molecule has 3 nitrogen and oxygen atoms in total. The first-order chi connectivity index (χ1) is 7.72. The van der Waals surface area contributed by atoms with Crippen LogP contribution in [0.2, 0.25) is 5.02 Å². The van der Waals surface area contributed by atoms with Gasteiger partial charge in [0.05, 0.1) is 17.8 Å². The van der Waals surface area contributed by atoms with Crippen LogP contribution in [0, 0.1) is 6.92 Å². The molecule has 0 radical (unpaired) electrons. The molecule has 1 aliphatic rings. The van der Waals surface area contributed by atoms with Crippen molar-refractivity contribution in [2.75, 3.05) is 38.2 Å². The van der Waals surface area contributed by atoms with Gasteiger partial charge in [-0.2, -0.15) is 0 Å². The second kappa shape index (κ2) is 4.93. The van der Waals surface area contributed by atoms with Crippen molar-refractivity contribution >= 4 is 17.3 Å². The van der Waals surface area contributed by atoms with Gasteiger partial charge in [-0.3, -0.25) is 0 Å². The fraction of sp³-hybridized carbons (Fsp3) is 0.500. The van der Waals surface area contributed by atoms with Gasteiger partial charge < -0.3 is 15.0 Å². The van der Waals surface area contributed by atoms with Crippen LogP contribution >= 0.6 is 11.6 Å². The van der Waals surface area contributed by atoms with E-state index in [1.54, 1.807) is 7.11 Å². The SMILES string of the molecule is COc1cc(C)c(Cl)c(N2CCNCC2)c1. The number of hydrogen-bond acceptors (Lipinski definition) is 3. The van der Waals surface area contributed by atoms with E-state index < -0.39 is 0 Å². The summed E-state index contributed by atoms with van der Waals surface area (Å²) in [6, 6.07) is 3.98. The van der Waals surface area contributed by atoms with E-state index >= 15 is 0 Å². The van der Waals surface area contributed by atoms with Crippen LogP contribution in [0.5, 0.6) is 5.75 Å². The lowest BCUT2D eigenvalue weighted by molar-refractivity contribution is 0.414. The molecule has 1 N–H and O–H groups in total. The van der Waals surface area contributed by atoms with E-state index in [0.29, 0.717) is 0 Å². The van der Waals surface area contributed by atoms with Crippen molar-refractivity contribution < 1.29 is 4.74 Å². The highest BCUT2D eigenvalue weighted by Gasteiger charge is 2.15. The minimum absolute atomic E-state index is 0.836. The normalized spacial score (nSPS) is 16.3. The smallest absolute Gasteiger partial charge is 0.121 e. The molecule has 0 unspecified atom stereocenters. The number of rotatable bonds is 2. The molecule has 1 aliphatic heterocycles. The van der Waals surface area contributed by atoms with Crippen molar-refractivity contribution in [1.29, 1.82) is 0 Å². The van der Waals surface area contributed by atoms with E-state index in [-0.39, 0.29) is 0 Å². The molecule has 2 rings (SSSR count). The number of methoxy groups -OCH3 is 1. The number of hydrogen-bond donors (Lipinski definition) is 1. The molecule has 1 saturated heterocycles. The highest BCUT2D eigenvalue weighted by Crippen LogP contribution is 2.33. The molecule has 0 aromatic heterocycles. The molecule has 88 valence electrons. The Hall–Kier alpha value is -0.930. The van der Waals surface area contributed by atoms with Crippen molar-refractivity contribution in [1.82, 2.24) is 5.32 Å². The van der Waals surface area contributed by atoms with Gasteiger partial charge >= 0.3 is 0 Å². The van der Waals surface area contributed by atoms with Gasteiger partial charge in [-0.1, -0.05) is 11.6 Å². The lowest BCUT2D eigenvalue weighted by Crippen LogP contribution is -2.43. The van der Waals surface area contributed by atoms with Crippen molar-refractivity contribution in [3.8, 4) is 5.75 Å². The van der Waals surface area contributed by atoms with Crippen LogP contribution in [-0.4, -0.2) is 33.3 Å². The topological polar surface area (TPSA) is 24.5 Å². The second-order valence-electron chi connectivity index (χ2n) is 4.01. The number of ether oxygens (including phenoxy) is 1. The number of piperazine rings is 1. The highest BCUT2D eigenvalue weighted by atomic mass is 35.5. The molecule has 0 saturated carbocycles. The van der Waals surface area contributed by atoms with Crippen LogP contribution in [0.4, 0.5) is 5.69 Å². The summed E-state index contributed by atoms with van der Waals surface area (Å²) < 4.78 is 5.28. The summed E-state index contributed by atoms with van der Waals surface area (Å²) in [5, 5.41) is 4.17. The first kappa shape index (κ1) is 11.6. The van der Waals surface area contributed by atoms with E-state index in [9.17, 15) is 0 Å². The Kier molecular flexibility index (Phi) is 3.56. The highest BCUT2D eigenvalue weighted by molar-refractivity contribution is 6.34. The molecule has 0 spiro atoms. The van der Waals surface area contributed by atoms with Gasteiger partial charge in [0.2, 0.25) is 0 Å². The van der Waals surface area contributed by atoms with E-state index in [0.717, 1.165) is 48.2 Å². The average Bonchev–Trinajstić information content (AvgIpc) is 2.33. The van der Waals surface area contributed by atoms with E-state index in [4.69, 9.17) is 16.3 Å². The predicted octanol–water partition coefficient (Wildman–Crippen LogP) is 2.07. The molecule has 1 fully saturated rings. The minimum atomic E-state index is 0.836.